The first-order valence-electron chi connectivity index (χ1n) is 6.59. The van der Waals surface area contributed by atoms with Crippen molar-refractivity contribution in [1.82, 2.24) is 10.1 Å². The number of aliphatic hydroxyl groups is 2. The highest BCUT2D eigenvalue weighted by molar-refractivity contribution is 5.78. The second-order valence-electron chi connectivity index (χ2n) is 5.08. The van der Waals surface area contributed by atoms with Crippen molar-refractivity contribution in [2.24, 2.45) is 5.92 Å². The number of aliphatic hydroxyl groups excluding tert-OH is 2. The number of carbonyl (C=O) groups is 1. The molecule has 6 heteroatoms. The highest BCUT2D eigenvalue weighted by Crippen LogP contribution is 2.21. The standard InChI is InChI=1S/C13H20N2O4/c1-9-6-11(19-14-9)7-13(18)15-4-2-10(3-5-15)12(17)8-16/h6,10,12,16-17H,2-5,7-8H2,1H3. The lowest BCUT2D eigenvalue weighted by Gasteiger charge is -2.33. The van der Waals surface area contributed by atoms with Crippen LogP contribution in [0.3, 0.4) is 0 Å². The number of likely N-dealkylation sites (tertiary alicyclic amines) is 1. The van der Waals surface area contributed by atoms with Gasteiger partial charge in [-0.3, -0.25) is 4.79 Å². The van der Waals surface area contributed by atoms with Crippen LogP contribution in [0.15, 0.2) is 10.6 Å². The summed E-state index contributed by atoms with van der Waals surface area (Å²) in [6.07, 6.45) is 1.01. The molecule has 106 valence electrons. The van der Waals surface area contributed by atoms with E-state index in [0.717, 1.165) is 18.5 Å². The smallest absolute Gasteiger partial charge is 0.230 e. The van der Waals surface area contributed by atoms with Crippen LogP contribution in [-0.4, -0.2) is 52.0 Å². The number of aromatic nitrogens is 1. The van der Waals surface area contributed by atoms with Crippen molar-refractivity contribution in [2.45, 2.75) is 32.3 Å². The fourth-order valence-corrected chi connectivity index (χ4v) is 2.44. The summed E-state index contributed by atoms with van der Waals surface area (Å²) in [5, 5.41) is 22.2. The zero-order valence-electron chi connectivity index (χ0n) is 11.1. The molecule has 1 atom stereocenters. The lowest BCUT2D eigenvalue weighted by molar-refractivity contribution is -0.132. The Morgan fingerprint density at radius 1 is 1.58 bits per heavy atom. The number of carbonyl (C=O) groups excluding carboxylic acids is 1. The molecular weight excluding hydrogens is 248 g/mol. The van der Waals surface area contributed by atoms with E-state index in [-0.39, 0.29) is 24.9 Å². The molecule has 1 unspecified atom stereocenters. The van der Waals surface area contributed by atoms with E-state index in [1.807, 2.05) is 6.92 Å². The molecule has 1 aliphatic heterocycles. The molecule has 2 rings (SSSR count). The monoisotopic (exact) mass is 268 g/mol. The maximum absolute atomic E-state index is 12.0. The number of piperidine rings is 1. The highest BCUT2D eigenvalue weighted by Gasteiger charge is 2.27. The number of rotatable bonds is 4. The summed E-state index contributed by atoms with van der Waals surface area (Å²) in [5.41, 5.74) is 0.771. The van der Waals surface area contributed by atoms with Gasteiger partial charge in [0.05, 0.1) is 24.8 Å². The van der Waals surface area contributed by atoms with Crippen molar-refractivity contribution in [3.05, 3.63) is 17.5 Å². The molecule has 1 aromatic rings. The lowest BCUT2D eigenvalue weighted by atomic mass is 9.91. The van der Waals surface area contributed by atoms with Crippen LogP contribution in [0.2, 0.25) is 0 Å². The van der Waals surface area contributed by atoms with Crippen molar-refractivity contribution < 1.29 is 19.5 Å². The van der Waals surface area contributed by atoms with E-state index in [1.54, 1.807) is 11.0 Å². The van der Waals surface area contributed by atoms with E-state index < -0.39 is 6.10 Å². The van der Waals surface area contributed by atoms with E-state index in [0.29, 0.717) is 18.8 Å². The molecule has 0 saturated carbocycles. The molecule has 0 spiro atoms. The summed E-state index contributed by atoms with van der Waals surface area (Å²) in [6, 6.07) is 1.76. The van der Waals surface area contributed by atoms with Gasteiger partial charge < -0.3 is 19.6 Å². The fourth-order valence-electron chi connectivity index (χ4n) is 2.44. The van der Waals surface area contributed by atoms with Crippen LogP contribution in [0.4, 0.5) is 0 Å². The predicted molar refractivity (Wildman–Crippen MR) is 67.3 cm³/mol. The summed E-state index contributed by atoms with van der Waals surface area (Å²) in [6.45, 7) is 2.84. The third-order valence-corrected chi connectivity index (χ3v) is 3.63. The normalized spacial score (nSPS) is 18.6. The Labute approximate surface area is 112 Å². The largest absolute Gasteiger partial charge is 0.394 e. The zero-order valence-corrected chi connectivity index (χ0v) is 11.1. The minimum atomic E-state index is -0.672. The van der Waals surface area contributed by atoms with Gasteiger partial charge in [-0.05, 0) is 25.7 Å². The second-order valence-corrected chi connectivity index (χ2v) is 5.08. The molecule has 0 aliphatic carbocycles. The first-order chi connectivity index (χ1) is 9.10. The molecule has 0 aromatic carbocycles. The van der Waals surface area contributed by atoms with Gasteiger partial charge in [0.2, 0.25) is 5.91 Å². The van der Waals surface area contributed by atoms with E-state index >= 15 is 0 Å². The van der Waals surface area contributed by atoms with Gasteiger partial charge >= 0.3 is 0 Å². The Morgan fingerprint density at radius 3 is 2.79 bits per heavy atom. The van der Waals surface area contributed by atoms with Crippen molar-refractivity contribution in [3.63, 3.8) is 0 Å². The van der Waals surface area contributed by atoms with Gasteiger partial charge in [-0.25, -0.2) is 0 Å². The van der Waals surface area contributed by atoms with Crippen molar-refractivity contribution in [3.8, 4) is 0 Å². The predicted octanol–water partition coefficient (Wildman–Crippen LogP) is 0.117. The van der Waals surface area contributed by atoms with Crippen LogP contribution < -0.4 is 0 Å². The molecule has 6 nitrogen and oxygen atoms in total. The van der Waals surface area contributed by atoms with Crippen LogP contribution in [-0.2, 0) is 11.2 Å². The number of aryl methyl sites for hydroxylation is 1. The van der Waals surface area contributed by atoms with Crippen LogP contribution in [0.5, 0.6) is 0 Å². The van der Waals surface area contributed by atoms with Gasteiger partial charge in [0.15, 0.2) is 0 Å². The molecule has 19 heavy (non-hydrogen) atoms. The van der Waals surface area contributed by atoms with Crippen molar-refractivity contribution in [1.29, 1.82) is 0 Å². The van der Waals surface area contributed by atoms with Gasteiger partial charge in [0.25, 0.3) is 0 Å². The Bertz CT molecular complexity index is 424. The molecule has 1 amide bonds. The Hall–Kier alpha value is -1.40. The van der Waals surface area contributed by atoms with Gasteiger partial charge in [-0.2, -0.15) is 0 Å². The van der Waals surface area contributed by atoms with E-state index in [4.69, 9.17) is 9.63 Å². The number of nitrogens with zero attached hydrogens (tertiary/aromatic N) is 2. The first kappa shape index (κ1) is 14.0. The Morgan fingerprint density at radius 2 is 2.26 bits per heavy atom. The molecule has 0 radical (unpaired) electrons. The van der Waals surface area contributed by atoms with Crippen molar-refractivity contribution in [2.75, 3.05) is 19.7 Å². The SMILES string of the molecule is Cc1cc(CC(=O)N2CCC(C(O)CO)CC2)on1. The lowest BCUT2D eigenvalue weighted by Crippen LogP contribution is -2.42. The molecule has 1 aliphatic rings. The van der Waals surface area contributed by atoms with Crippen LogP contribution >= 0.6 is 0 Å². The third kappa shape index (κ3) is 3.54. The van der Waals surface area contributed by atoms with Crippen LogP contribution in [0, 0.1) is 12.8 Å². The molecule has 1 fully saturated rings. The molecule has 1 aromatic heterocycles. The molecule has 2 heterocycles. The number of hydrogen-bond donors (Lipinski definition) is 2. The third-order valence-electron chi connectivity index (χ3n) is 3.63. The molecular formula is C13H20N2O4. The topological polar surface area (TPSA) is 86.8 Å². The average Bonchev–Trinajstić information content (AvgIpc) is 2.83. The number of hydrogen-bond acceptors (Lipinski definition) is 5. The van der Waals surface area contributed by atoms with Gasteiger partial charge in [0.1, 0.15) is 5.76 Å². The molecule has 0 bridgehead atoms. The average molecular weight is 268 g/mol. The summed E-state index contributed by atoms with van der Waals surface area (Å²) in [4.78, 5) is 13.8. The summed E-state index contributed by atoms with van der Waals surface area (Å²) in [7, 11) is 0. The molecule has 1 saturated heterocycles. The summed E-state index contributed by atoms with van der Waals surface area (Å²) >= 11 is 0. The Balaban J connectivity index is 1.82. The van der Waals surface area contributed by atoms with E-state index in [1.165, 1.54) is 0 Å². The first-order valence-corrected chi connectivity index (χ1v) is 6.59. The van der Waals surface area contributed by atoms with E-state index in [9.17, 15) is 9.90 Å². The summed E-state index contributed by atoms with van der Waals surface area (Å²) in [5.74, 6) is 0.690. The fraction of sp³-hybridized carbons (Fsp3) is 0.692. The Kier molecular flexibility index (Phi) is 4.55. The van der Waals surface area contributed by atoms with E-state index in [2.05, 4.69) is 5.16 Å². The minimum absolute atomic E-state index is 0.0214. The number of amides is 1. The van der Waals surface area contributed by atoms with Crippen LogP contribution in [0.25, 0.3) is 0 Å². The van der Waals surface area contributed by atoms with Gasteiger partial charge in [0, 0.05) is 19.2 Å². The highest BCUT2D eigenvalue weighted by atomic mass is 16.5. The zero-order chi connectivity index (χ0) is 13.8. The van der Waals surface area contributed by atoms with Crippen molar-refractivity contribution >= 4 is 5.91 Å². The van der Waals surface area contributed by atoms with Gasteiger partial charge in [-0.15, -0.1) is 0 Å². The second kappa shape index (κ2) is 6.16. The maximum atomic E-state index is 12.0. The minimum Gasteiger partial charge on any atom is -0.394 e. The van der Waals surface area contributed by atoms with Gasteiger partial charge in [-0.1, -0.05) is 5.16 Å². The summed E-state index contributed by atoms with van der Waals surface area (Å²) < 4.78 is 5.03. The molecule has 2 N–H and O–H groups in total. The van der Waals surface area contributed by atoms with Crippen LogP contribution in [0.1, 0.15) is 24.3 Å². The maximum Gasteiger partial charge on any atom is 0.230 e. The quantitative estimate of drug-likeness (QED) is 0.810.